The lowest BCUT2D eigenvalue weighted by molar-refractivity contribution is 0.524. The van der Waals surface area contributed by atoms with Crippen LogP contribution in [0.5, 0.6) is 0 Å². The summed E-state index contributed by atoms with van der Waals surface area (Å²) >= 11 is 0. The topological polar surface area (TPSA) is 69.7 Å². The molecule has 28 heavy (non-hydrogen) atoms. The molecule has 2 fully saturated rings. The van der Waals surface area contributed by atoms with Gasteiger partial charge in [-0.25, -0.2) is 18.7 Å². The third-order valence-electron chi connectivity index (χ3n) is 5.40. The van der Waals surface area contributed by atoms with Crippen molar-refractivity contribution in [1.29, 1.82) is 0 Å². The number of hydrogen-bond donors (Lipinski definition) is 2. The van der Waals surface area contributed by atoms with Crippen molar-refractivity contribution in [2.75, 3.05) is 16.8 Å². The Bertz CT molecular complexity index is 980. The number of aromatic amines is 1. The van der Waals surface area contributed by atoms with Crippen molar-refractivity contribution < 1.29 is 8.78 Å². The van der Waals surface area contributed by atoms with Crippen molar-refractivity contribution >= 4 is 17.5 Å². The standard InChI is InChI=1S/C20H20F2N6/c21-13-3-1-4-14(22)20(13)16-5-2-8-28(16)19-10-17(23-11-24-19)25-18-9-15(26-27-18)12-6-7-12/h1,3-4,9-12,16H,2,5-8H2,(H2,23,24,25,26,27). The van der Waals surface area contributed by atoms with E-state index in [2.05, 4.69) is 25.5 Å². The molecule has 6 nitrogen and oxygen atoms in total. The Labute approximate surface area is 161 Å². The van der Waals surface area contributed by atoms with E-state index in [4.69, 9.17) is 0 Å². The molecule has 1 unspecified atom stereocenters. The predicted molar refractivity (Wildman–Crippen MR) is 102 cm³/mol. The van der Waals surface area contributed by atoms with Gasteiger partial charge >= 0.3 is 0 Å². The van der Waals surface area contributed by atoms with E-state index in [0.29, 0.717) is 36.3 Å². The van der Waals surface area contributed by atoms with Crippen LogP contribution in [0.15, 0.2) is 36.7 Å². The molecule has 1 saturated heterocycles. The first-order valence-corrected chi connectivity index (χ1v) is 9.54. The van der Waals surface area contributed by atoms with E-state index in [1.54, 1.807) is 6.07 Å². The van der Waals surface area contributed by atoms with Crippen LogP contribution in [0.3, 0.4) is 0 Å². The van der Waals surface area contributed by atoms with Crippen LogP contribution < -0.4 is 10.2 Å². The summed E-state index contributed by atoms with van der Waals surface area (Å²) in [5, 5.41) is 10.5. The van der Waals surface area contributed by atoms with E-state index in [9.17, 15) is 8.78 Å². The van der Waals surface area contributed by atoms with Crippen LogP contribution in [-0.4, -0.2) is 26.7 Å². The van der Waals surface area contributed by atoms with Gasteiger partial charge in [0.25, 0.3) is 0 Å². The molecular weight excluding hydrogens is 362 g/mol. The molecular formula is C20H20F2N6. The average Bonchev–Trinajstić information content (AvgIpc) is 3.24. The molecule has 0 radical (unpaired) electrons. The average molecular weight is 382 g/mol. The molecule has 5 rings (SSSR count). The molecule has 1 aliphatic heterocycles. The Hall–Kier alpha value is -3.03. The van der Waals surface area contributed by atoms with Gasteiger partial charge in [-0.1, -0.05) is 6.07 Å². The molecule has 2 aromatic heterocycles. The summed E-state index contributed by atoms with van der Waals surface area (Å²) in [7, 11) is 0. The molecule has 0 spiro atoms. The lowest BCUT2D eigenvalue weighted by Gasteiger charge is -2.26. The minimum atomic E-state index is -0.520. The molecule has 1 saturated carbocycles. The number of nitrogens with zero attached hydrogens (tertiary/aromatic N) is 4. The van der Waals surface area contributed by atoms with Gasteiger partial charge in [0, 0.05) is 35.9 Å². The molecule has 0 amide bonds. The van der Waals surface area contributed by atoms with Crippen LogP contribution >= 0.6 is 0 Å². The Morgan fingerprint density at radius 3 is 2.64 bits per heavy atom. The predicted octanol–water partition coefficient (Wildman–Crippen LogP) is 4.44. The maximum atomic E-state index is 14.3. The number of halogens is 2. The maximum Gasteiger partial charge on any atom is 0.153 e. The van der Waals surface area contributed by atoms with Crippen molar-refractivity contribution in [3.8, 4) is 0 Å². The fourth-order valence-corrected chi connectivity index (χ4v) is 3.88. The minimum Gasteiger partial charge on any atom is -0.349 e. The van der Waals surface area contributed by atoms with Gasteiger partial charge in [-0.3, -0.25) is 5.10 Å². The Balaban J connectivity index is 1.40. The van der Waals surface area contributed by atoms with Gasteiger partial charge < -0.3 is 10.2 Å². The van der Waals surface area contributed by atoms with Gasteiger partial charge in [-0.05, 0) is 37.8 Å². The monoisotopic (exact) mass is 382 g/mol. The quantitative estimate of drug-likeness (QED) is 0.683. The SMILES string of the molecule is Fc1cccc(F)c1C1CCCN1c1cc(Nc2cc(C3CC3)[nH]n2)ncn1. The molecule has 3 aromatic rings. The number of aromatic nitrogens is 4. The van der Waals surface area contributed by atoms with Crippen LogP contribution in [0, 0.1) is 11.6 Å². The second-order valence-electron chi connectivity index (χ2n) is 7.36. The van der Waals surface area contributed by atoms with E-state index in [1.165, 1.54) is 37.4 Å². The molecule has 1 atom stereocenters. The number of hydrogen-bond acceptors (Lipinski definition) is 5. The first-order valence-electron chi connectivity index (χ1n) is 9.54. The van der Waals surface area contributed by atoms with Crippen molar-refractivity contribution in [3.63, 3.8) is 0 Å². The van der Waals surface area contributed by atoms with Gasteiger partial charge in [0.15, 0.2) is 5.82 Å². The number of nitrogens with one attached hydrogen (secondary N) is 2. The largest absolute Gasteiger partial charge is 0.349 e. The number of rotatable bonds is 5. The molecule has 0 bridgehead atoms. The number of benzene rings is 1. The second-order valence-corrected chi connectivity index (χ2v) is 7.36. The van der Waals surface area contributed by atoms with Gasteiger partial charge in [0.1, 0.15) is 29.6 Å². The molecule has 1 aromatic carbocycles. The Kier molecular flexibility index (Phi) is 4.18. The summed E-state index contributed by atoms with van der Waals surface area (Å²) < 4.78 is 28.6. The van der Waals surface area contributed by atoms with E-state index >= 15 is 0 Å². The molecule has 8 heteroatoms. The number of anilines is 3. The van der Waals surface area contributed by atoms with Crippen molar-refractivity contribution in [2.24, 2.45) is 0 Å². The highest BCUT2D eigenvalue weighted by atomic mass is 19.1. The molecule has 144 valence electrons. The highest BCUT2D eigenvalue weighted by Crippen LogP contribution is 2.40. The summed E-state index contributed by atoms with van der Waals surface area (Å²) in [6, 6.07) is 7.40. The third kappa shape index (κ3) is 3.19. The Morgan fingerprint density at radius 1 is 1.04 bits per heavy atom. The first-order chi connectivity index (χ1) is 13.7. The van der Waals surface area contributed by atoms with Gasteiger partial charge in [-0.15, -0.1) is 0 Å². The van der Waals surface area contributed by atoms with Crippen molar-refractivity contribution in [3.05, 3.63) is 59.6 Å². The smallest absolute Gasteiger partial charge is 0.153 e. The summed E-state index contributed by atoms with van der Waals surface area (Å²) in [4.78, 5) is 10.5. The fraction of sp³-hybridized carbons (Fsp3) is 0.350. The van der Waals surface area contributed by atoms with Gasteiger partial charge in [-0.2, -0.15) is 5.10 Å². The molecule has 1 aliphatic carbocycles. The van der Waals surface area contributed by atoms with E-state index < -0.39 is 11.6 Å². The molecule has 2 N–H and O–H groups in total. The van der Waals surface area contributed by atoms with Crippen LogP contribution in [0.25, 0.3) is 0 Å². The third-order valence-corrected chi connectivity index (χ3v) is 5.40. The minimum absolute atomic E-state index is 0.106. The summed E-state index contributed by atoms with van der Waals surface area (Å²) in [6.07, 6.45) is 5.37. The zero-order valence-electron chi connectivity index (χ0n) is 15.2. The molecule has 2 aliphatic rings. The van der Waals surface area contributed by atoms with Gasteiger partial charge in [0.05, 0.1) is 6.04 Å². The van der Waals surface area contributed by atoms with Gasteiger partial charge in [0.2, 0.25) is 0 Å². The fourth-order valence-electron chi connectivity index (χ4n) is 3.88. The summed E-state index contributed by atoms with van der Waals surface area (Å²) in [6.45, 7) is 0.684. The molecule has 3 heterocycles. The van der Waals surface area contributed by atoms with E-state index in [-0.39, 0.29) is 11.6 Å². The zero-order chi connectivity index (χ0) is 19.1. The summed E-state index contributed by atoms with van der Waals surface area (Å²) in [5.74, 6) is 1.48. The van der Waals surface area contributed by atoms with Crippen LogP contribution in [0.2, 0.25) is 0 Å². The lowest BCUT2D eigenvalue weighted by atomic mass is 10.0. The normalized spacial score (nSPS) is 19.2. The van der Waals surface area contributed by atoms with Crippen molar-refractivity contribution in [2.45, 2.75) is 37.6 Å². The highest BCUT2D eigenvalue weighted by molar-refractivity contribution is 5.57. The van der Waals surface area contributed by atoms with E-state index in [0.717, 1.165) is 12.1 Å². The van der Waals surface area contributed by atoms with E-state index in [1.807, 2.05) is 11.0 Å². The van der Waals surface area contributed by atoms with Crippen LogP contribution in [-0.2, 0) is 0 Å². The first kappa shape index (κ1) is 17.1. The lowest BCUT2D eigenvalue weighted by Crippen LogP contribution is -2.25. The Morgan fingerprint density at radius 2 is 1.86 bits per heavy atom. The maximum absolute atomic E-state index is 14.3. The van der Waals surface area contributed by atoms with Crippen molar-refractivity contribution in [1.82, 2.24) is 20.2 Å². The second kappa shape index (κ2) is 6.85. The zero-order valence-corrected chi connectivity index (χ0v) is 15.2. The summed E-state index contributed by atoms with van der Waals surface area (Å²) in [5.41, 5.74) is 1.24. The number of H-pyrrole nitrogens is 1. The van der Waals surface area contributed by atoms with Crippen LogP contribution in [0.4, 0.5) is 26.2 Å². The highest BCUT2D eigenvalue weighted by Gasteiger charge is 2.31. The van der Waals surface area contributed by atoms with Crippen LogP contribution in [0.1, 0.15) is 48.9 Å².